The molecular weight excluding hydrogens is 568 g/mol. The molecule has 0 aliphatic carbocycles. The van der Waals surface area contributed by atoms with Gasteiger partial charge in [0.1, 0.15) is 0 Å². The summed E-state index contributed by atoms with van der Waals surface area (Å²) >= 11 is 0. The first-order valence-electron chi connectivity index (χ1n) is 15.8. The molecular formula is C33H53NO6P2. The SMILES string of the molecule is CCC1(CC)c2cc(C(CC)(CC)P(=O)(O)O)c(C(CC)(CC)P(=O)(O)O)cc2C(CC)(CC)N1Cc1ccccc1. The van der Waals surface area contributed by atoms with Crippen molar-refractivity contribution in [3.05, 3.63) is 70.3 Å². The minimum absolute atomic E-state index is 0.149. The lowest BCUT2D eigenvalue weighted by Crippen LogP contribution is -2.49. The van der Waals surface area contributed by atoms with Crippen molar-refractivity contribution >= 4 is 15.2 Å². The summed E-state index contributed by atoms with van der Waals surface area (Å²) in [7, 11) is -9.53. The molecule has 1 aliphatic rings. The second-order valence-corrected chi connectivity index (χ2v) is 15.9. The lowest BCUT2D eigenvalue weighted by molar-refractivity contribution is -0.0233. The van der Waals surface area contributed by atoms with Crippen molar-refractivity contribution in [2.45, 2.75) is 135 Å². The van der Waals surface area contributed by atoms with Crippen molar-refractivity contribution in [3.63, 3.8) is 0 Å². The van der Waals surface area contributed by atoms with Gasteiger partial charge in [0.05, 0.1) is 10.3 Å². The van der Waals surface area contributed by atoms with E-state index in [1.165, 1.54) is 5.56 Å². The Hall–Kier alpha value is -1.30. The summed E-state index contributed by atoms with van der Waals surface area (Å²) in [5.41, 5.74) is 3.23. The maximum Gasteiger partial charge on any atom is 0.335 e. The van der Waals surface area contributed by atoms with E-state index in [1.54, 1.807) is 27.7 Å². The van der Waals surface area contributed by atoms with Crippen LogP contribution in [0.5, 0.6) is 0 Å². The Morgan fingerprint density at radius 2 is 0.952 bits per heavy atom. The number of hydrogen-bond donors (Lipinski definition) is 4. The smallest absolute Gasteiger partial charge is 0.324 e. The quantitative estimate of drug-likeness (QED) is 0.156. The van der Waals surface area contributed by atoms with Crippen molar-refractivity contribution in [3.8, 4) is 0 Å². The summed E-state index contributed by atoms with van der Waals surface area (Å²) in [4.78, 5) is 46.4. The van der Waals surface area contributed by atoms with E-state index in [4.69, 9.17) is 0 Å². The van der Waals surface area contributed by atoms with E-state index >= 15 is 0 Å². The van der Waals surface area contributed by atoms with E-state index in [9.17, 15) is 28.7 Å². The molecule has 0 saturated heterocycles. The highest BCUT2D eigenvalue weighted by atomic mass is 31.2. The predicted octanol–water partition coefficient (Wildman–Crippen LogP) is 8.62. The van der Waals surface area contributed by atoms with Crippen molar-refractivity contribution < 1.29 is 28.7 Å². The molecule has 3 rings (SSSR count). The molecule has 0 amide bonds. The molecule has 0 spiro atoms. The van der Waals surface area contributed by atoms with E-state index in [2.05, 4.69) is 44.7 Å². The molecule has 0 fully saturated rings. The lowest BCUT2D eigenvalue weighted by atomic mass is 9.74. The van der Waals surface area contributed by atoms with Crippen LogP contribution in [0, 0.1) is 0 Å². The third-order valence-corrected chi connectivity index (χ3v) is 15.2. The van der Waals surface area contributed by atoms with E-state index in [0.29, 0.717) is 17.7 Å². The molecule has 0 radical (unpaired) electrons. The molecule has 2 aromatic rings. The van der Waals surface area contributed by atoms with Crippen LogP contribution < -0.4 is 0 Å². The average molecular weight is 622 g/mol. The normalized spacial score (nSPS) is 17.4. The minimum atomic E-state index is -4.76. The van der Waals surface area contributed by atoms with Gasteiger partial charge in [0.25, 0.3) is 0 Å². The number of rotatable bonds is 14. The van der Waals surface area contributed by atoms with Crippen molar-refractivity contribution in [2.24, 2.45) is 0 Å². The minimum Gasteiger partial charge on any atom is -0.324 e. The van der Waals surface area contributed by atoms with Gasteiger partial charge in [-0.15, -0.1) is 0 Å². The van der Waals surface area contributed by atoms with E-state index < -0.39 is 36.6 Å². The Morgan fingerprint density at radius 1 is 0.619 bits per heavy atom. The molecule has 7 nitrogen and oxygen atoms in total. The molecule has 0 saturated carbocycles. The van der Waals surface area contributed by atoms with Crippen LogP contribution in [0.2, 0.25) is 0 Å². The highest BCUT2D eigenvalue weighted by Gasteiger charge is 2.59. The molecule has 0 unspecified atom stereocenters. The van der Waals surface area contributed by atoms with Gasteiger partial charge >= 0.3 is 15.2 Å². The van der Waals surface area contributed by atoms with E-state index in [0.717, 1.165) is 36.8 Å². The van der Waals surface area contributed by atoms with Crippen molar-refractivity contribution in [1.82, 2.24) is 4.90 Å². The predicted molar refractivity (Wildman–Crippen MR) is 172 cm³/mol. The maximum atomic E-state index is 13.5. The van der Waals surface area contributed by atoms with Crippen molar-refractivity contribution in [1.29, 1.82) is 0 Å². The second kappa shape index (κ2) is 12.6. The first-order chi connectivity index (χ1) is 19.6. The van der Waals surface area contributed by atoms with Crippen LogP contribution >= 0.6 is 15.2 Å². The van der Waals surface area contributed by atoms with Crippen LogP contribution in [0.15, 0.2) is 42.5 Å². The van der Waals surface area contributed by atoms with Gasteiger partial charge in [-0.1, -0.05) is 97.9 Å². The van der Waals surface area contributed by atoms with Crippen LogP contribution in [0.1, 0.15) is 135 Å². The lowest BCUT2D eigenvalue weighted by Gasteiger charge is -2.47. The second-order valence-electron chi connectivity index (χ2n) is 12.1. The number of hydrogen-bond acceptors (Lipinski definition) is 3. The first-order valence-corrected chi connectivity index (χ1v) is 19.0. The Morgan fingerprint density at radius 3 is 1.21 bits per heavy atom. The van der Waals surface area contributed by atoms with Gasteiger partial charge < -0.3 is 19.6 Å². The monoisotopic (exact) mass is 621 g/mol. The fourth-order valence-corrected chi connectivity index (χ4v) is 11.0. The summed E-state index contributed by atoms with van der Waals surface area (Å²) in [6, 6.07) is 14.3. The summed E-state index contributed by atoms with van der Waals surface area (Å²) in [6.07, 6.45) is 3.75. The highest BCUT2D eigenvalue weighted by Crippen LogP contribution is 2.69. The standard InChI is InChI=1S/C33H53NO6P2/c1-9-30(10-2)26-22-28(32(13-5,14-6)41(35,36)37)29(33(15-7,16-8)42(38,39)40)23-27(26)31(11-3,12-4)34(30)24-25-20-18-17-19-21-25/h17-23H,9-16,24H2,1-8H3,(H2,35,36,37)(H2,38,39,40). The third-order valence-electron chi connectivity index (χ3n) is 11.2. The summed E-state index contributed by atoms with van der Waals surface area (Å²) in [5, 5.41) is -3.13. The zero-order valence-electron chi connectivity index (χ0n) is 26.9. The zero-order chi connectivity index (χ0) is 31.8. The van der Waals surface area contributed by atoms with Gasteiger partial charge in [-0.25, -0.2) is 0 Å². The molecule has 0 bridgehead atoms. The maximum absolute atomic E-state index is 13.5. The molecule has 9 heteroatoms. The Balaban J connectivity index is 2.63. The van der Waals surface area contributed by atoms with E-state index in [-0.39, 0.29) is 25.7 Å². The topological polar surface area (TPSA) is 118 Å². The molecule has 236 valence electrons. The van der Waals surface area contributed by atoms with Crippen molar-refractivity contribution in [2.75, 3.05) is 0 Å². The van der Waals surface area contributed by atoms with Crippen LogP contribution in [0.3, 0.4) is 0 Å². The summed E-state index contributed by atoms with van der Waals surface area (Å²) < 4.78 is 26.9. The molecule has 1 aliphatic heterocycles. The first kappa shape index (κ1) is 35.2. The van der Waals surface area contributed by atoms with Crippen LogP contribution in [-0.2, 0) is 37.1 Å². The zero-order valence-corrected chi connectivity index (χ0v) is 28.6. The number of nitrogens with zero attached hydrogens (tertiary/aromatic N) is 1. The van der Waals surface area contributed by atoms with Gasteiger partial charge in [0.2, 0.25) is 0 Å². The Labute approximate surface area is 253 Å². The Kier molecular flexibility index (Phi) is 10.6. The average Bonchev–Trinajstić information content (AvgIpc) is 3.18. The largest absolute Gasteiger partial charge is 0.335 e. The molecule has 0 aromatic heterocycles. The van der Waals surface area contributed by atoms with E-state index in [1.807, 2.05) is 30.3 Å². The van der Waals surface area contributed by atoms with Crippen LogP contribution in [-0.4, -0.2) is 24.5 Å². The molecule has 0 atom stereocenters. The third kappa shape index (κ3) is 5.02. The number of fused-ring (bicyclic) bond motifs is 1. The highest BCUT2D eigenvalue weighted by molar-refractivity contribution is 7.53. The van der Waals surface area contributed by atoms with Crippen LogP contribution in [0.25, 0.3) is 0 Å². The summed E-state index contributed by atoms with van der Waals surface area (Å²) in [5.74, 6) is 0. The molecule has 2 aromatic carbocycles. The molecule has 1 heterocycles. The Bertz CT molecular complexity index is 1230. The van der Waals surface area contributed by atoms with Gasteiger partial charge in [-0.05, 0) is 79.2 Å². The fourth-order valence-electron chi connectivity index (χ4n) is 8.33. The summed E-state index contributed by atoms with van der Waals surface area (Å²) in [6.45, 7) is 16.5. The van der Waals surface area contributed by atoms with Gasteiger partial charge in [0.15, 0.2) is 0 Å². The van der Waals surface area contributed by atoms with Gasteiger partial charge in [0, 0.05) is 17.6 Å². The fraction of sp³-hybridized carbons (Fsp3) is 0.636. The number of benzene rings is 2. The molecule has 42 heavy (non-hydrogen) atoms. The van der Waals surface area contributed by atoms with Crippen LogP contribution in [0.4, 0.5) is 0 Å². The molecule has 4 N–H and O–H groups in total. The van der Waals surface area contributed by atoms with Gasteiger partial charge in [-0.3, -0.25) is 14.0 Å². The van der Waals surface area contributed by atoms with Gasteiger partial charge in [-0.2, -0.15) is 0 Å².